The molecule has 0 amide bonds. The molecule has 0 atom stereocenters. The summed E-state index contributed by atoms with van der Waals surface area (Å²) in [4.78, 5) is 2.26. The van der Waals surface area contributed by atoms with Gasteiger partial charge in [0.15, 0.2) is 16.6 Å². The molecule has 0 saturated heterocycles. The quantitative estimate of drug-likeness (QED) is 0.600. The van der Waals surface area contributed by atoms with E-state index in [9.17, 15) is 0 Å². The lowest BCUT2D eigenvalue weighted by Crippen LogP contribution is -2.41. The molecule has 0 bridgehead atoms. The molecule has 1 aliphatic carbocycles. The van der Waals surface area contributed by atoms with E-state index >= 15 is 0 Å². The predicted molar refractivity (Wildman–Crippen MR) is 123 cm³/mol. The van der Waals surface area contributed by atoms with Crippen molar-refractivity contribution in [2.24, 2.45) is 0 Å². The number of nitrogens with zero attached hydrogens (tertiary/aromatic N) is 1. The van der Waals surface area contributed by atoms with Gasteiger partial charge in [0.05, 0.1) is 28.4 Å². The molecule has 0 radical (unpaired) electrons. The van der Waals surface area contributed by atoms with Crippen LogP contribution in [-0.4, -0.2) is 44.5 Å². The Morgan fingerprint density at radius 2 is 1.57 bits per heavy atom. The standard InChI is InChI=1S/C23H30N2O4S/c1-26-19-12-10-17(11-13-19)24-23(30)25(18-7-5-6-8-18)15-16-9-14-20(27-2)22(29-4)21(16)28-3/h9-14,18H,5-8,15H2,1-4H3,(H,24,30). The number of methoxy groups -OCH3 is 4. The van der Waals surface area contributed by atoms with Crippen molar-refractivity contribution in [1.29, 1.82) is 0 Å². The Morgan fingerprint density at radius 3 is 2.13 bits per heavy atom. The van der Waals surface area contributed by atoms with E-state index in [1.54, 1.807) is 28.4 Å². The van der Waals surface area contributed by atoms with Gasteiger partial charge in [-0.1, -0.05) is 12.8 Å². The van der Waals surface area contributed by atoms with Crippen LogP contribution >= 0.6 is 12.2 Å². The smallest absolute Gasteiger partial charge is 0.203 e. The van der Waals surface area contributed by atoms with Crippen LogP contribution in [0.1, 0.15) is 31.2 Å². The molecule has 0 aliphatic heterocycles. The monoisotopic (exact) mass is 430 g/mol. The lowest BCUT2D eigenvalue weighted by molar-refractivity contribution is 0.295. The highest BCUT2D eigenvalue weighted by Crippen LogP contribution is 2.41. The first kappa shape index (κ1) is 22.0. The van der Waals surface area contributed by atoms with Crippen molar-refractivity contribution in [2.45, 2.75) is 38.3 Å². The van der Waals surface area contributed by atoms with Crippen LogP contribution in [0.4, 0.5) is 5.69 Å². The Balaban J connectivity index is 1.86. The Bertz CT molecular complexity index is 851. The minimum atomic E-state index is 0.390. The fourth-order valence-corrected chi connectivity index (χ4v) is 4.25. The molecule has 0 aromatic heterocycles. The summed E-state index contributed by atoms with van der Waals surface area (Å²) < 4.78 is 21.9. The van der Waals surface area contributed by atoms with E-state index in [4.69, 9.17) is 31.2 Å². The van der Waals surface area contributed by atoms with E-state index in [0.717, 1.165) is 29.8 Å². The fourth-order valence-electron chi connectivity index (χ4n) is 3.92. The zero-order valence-electron chi connectivity index (χ0n) is 18.1. The summed E-state index contributed by atoms with van der Waals surface area (Å²) in [5, 5.41) is 4.08. The predicted octanol–water partition coefficient (Wildman–Crippen LogP) is 4.86. The molecule has 1 saturated carbocycles. The van der Waals surface area contributed by atoms with Crippen LogP contribution in [0.15, 0.2) is 36.4 Å². The Labute approximate surface area is 184 Å². The molecule has 6 nitrogen and oxygen atoms in total. The van der Waals surface area contributed by atoms with Crippen molar-refractivity contribution in [3.8, 4) is 23.0 Å². The number of hydrogen-bond acceptors (Lipinski definition) is 5. The molecule has 2 aromatic carbocycles. The van der Waals surface area contributed by atoms with Crippen molar-refractivity contribution in [3.05, 3.63) is 42.0 Å². The first-order valence-corrected chi connectivity index (χ1v) is 10.5. The molecule has 30 heavy (non-hydrogen) atoms. The van der Waals surface area contributed by atoms with Gasteiger partial charge in [0.1, 0.15) is 5.75 Å². The van der Waals surface area contributed by atoms with E-state index < -0.39 is 0 Å². The molecule has 3 rings (SSSR count). The minimum absolute atomic E-state index is 0.390. The van der Waals surface area contributed by atoms with Gasteiger partial charge in [-0.05, 0) is 61.5 Å². The lowest BCUT2D eigenvalue weighted by atomic mass is 10.1. The summed E-state index contributed by atoms with van der Waals surface area (Å²) in [6, 6.07) is 12.1. The average Bonchev–Trinajstić information content (AvgIpc) is 3.31. The Kier molecular flexibility index (Phi) is 7.63. The van der Waals surface area contributed by atoms with Crippen molar-refractivity contribution in [3.63, 3.8) is 0 Å². The average molecular weight is 431 g/mol. The molecule has 1 aliphatic rings. The molecular formula is C23H30N2O4S. The maximum atomic E-state index is 5.83. The highest BCUT2D eigenvalue weighted by atomic mass is 32.1. The lowest BCUT2D eigenvalue weighted by Gasteiger charge is -2.32. The number of thiocarbonyl (C=S) groups is 1. The molecular weight excluding hydrogens is 400 g/mol. The van der Waals surface area contributed by atoms with Crippen LogP contribution in [-0.2, 0) is 6.54 Å². The number of ether oxygens (including phenoxy) is 4. The minimum Gasteiger partial charge on any atom is -0.497 e. The number of anilines is 1. The van der Waals surface area contributed by atoms with Crippen molar-refractivity contribution < 1.29 is 18.9 Å². The van der Waals surface area contributed by atoms with Gasteiger partial charge in [0.25, 0.3) is 0 Å². The van der Waals surface area contributed by atoms with Crippen LogP contribution in [0.25, 0.3) is 0 Å². The third-order valence-corrected chi connectivity index (χ3v) is 5.83. The van der Waals surface area contributed by atoms with Gasteiger partial charge in [-0.15, -0.1) is 0 Å². The number of nitrogens with one attached hydrogen (secondary N) is 1. The van der Waals surface area contributed by atoms with Crippen LogP contribution in [0.3, 0.4) is 0 Å². The van der Waals surface area contributed by atoms with Gasteiger partial charge >= 0.3 is 0 Å². The summed E-state index contributed by atoms with van der Waals surface area (Å²) >= 11 is 5.83. The van der Waals surface area contributed by atoms with E-state index in [1.165, 1.54) is 12.8 Å². The van der Waals surface area contributed by atoms with E-state index in [1.807, 2.05) is 36.4 Å². The highest BCUT2D eigenvalue weighted by molar-refractivity contribution is 7.80. The molecule has 0 heterocycles. The van der Waals surface area contributed by atoms with Crippen molar-refractivity contribution in [1.82, 2.24) is 4.90 Å². The fraction of sp³-hybridized carbons (Fsp3) is 0.435. The third-order valence-electron chi connectivity index (χ3n) is 5.49. The summed E-state index contributed by atoms with van der Waals surface area (Å²) in [6.45, 7) is 0.621. The summed E-state index contributed by atoms with van der Waals surface area (Å²) in [5.41, 5.74) is 1.93. The molecule has 1 fully saturated rings. The molecule has 7 heteroatoms. The molecule has 0 spiro atoms. The zero-order chi connectivity index (χ0) is 21.5. The molecule has 162 valence electrons. The van der Waals surface area contributed by atoms with Gasteiger partial charge in [0.2, 0.25) is 5.75 Å². The molecule has 0 unspecified atom stereocenters. The topological polar surface area (TPSA) is 52.2 Å². The Hall–Kier alpha value is -2.67. The van der Waals surface area contributed by atoms with Crippen LogP contribution in [0.2, 0.25) is 0 Å². The van der Waals surface area contributed by atoms with Crippen LogP contribution < -0.4 is 24.3 Å². The van der Waals surface area contributed by atoms with Crippen LogP contribution in [0.5, 0.6) is 23.0 Å². The van der Waals surface area contributed by atoms with Crippen LogP contribution in [0, 0.1) is 0 Å². The summed E-state index contributed by atoms with van der Waals surface area (Å²) in [6.07, 6.45) is 4.69. The summed E-state index contributed by atoms with van der Waals surface area (Å²) in [5.74, 6) is 2.73. The first-order valence-electron chi connectivity index (χ1n) is 10.1. The number of hydrogen-bond donors (Lipinski definition) is 1. The van der Waals surface area contributed by atoms with E-state index in [0.29, 0.717) is 34.9 Å². The van der Waals surface area contributed by atoms with Gasteiger partial charge in [0, 0.05) is 23.8 Å². The summed E-state index contributed by atoms with van der Waals surface area (Å²) in [7, 11) is 6.55. The third kappa shape index (κ3) is 4.90. The maximum Gasteiger partial charge on any atom is 0.203 e. The first-order chi connectivity index (χ1) is 14.6. The van der Waals surface area contributed by atoms with E-state index in [-0.39, 0.29) is 0 Å². The maximum absolute atomic E-state index is 5.83. The largest absolute Gasteiger partial charge is 0.497 e. The van der Waals surface area contributed by atoms with Crippen molar-refractivity contribution in [2.75, 3.05) is 33.8 Å². The Morgan fingerprint density at radius 1 is 0.900 bits per heavy atom. The second-order valence-electron chi connectivity index (χ2n) is 7.22. The molecule has 2 aromatic rings. The SMILES string of the molecule is COc1ccc(NC(=S)N(Cc2ccc(OC)c(OC)c2OC)C2CCCC2)cc1. The normalized spacial score (nSPS) is 13.6. The zero-order valence-corrected chi connectivity index (χ0v) is 18.9. The van der Waals surface area contributed by atoms with E-state index in [2.05, 4.69) is 10.2 Å². The second-order valence-corrected chi connectivity index (χ2v) is 7.60. The van der Waals surface area contributed by atoms with Gasteiger partial charge in [-0.25, -0.2) is 0 Å². The number of benzene rings is 2. The molecule has 1 N–H and O–H groups in total. The second kappa shape index (κ2) is 10.4. The van der Waals surface area contributed by atoms with Gasteiger partial charge in [-0.2, -0.15) is 0 Å². The van der Waals surface area contributed by atoms with Gasteiger partial charge < -0.3 is 29.2 Å². The highest BCUT2D eigenvalue weighted by Gasteiger charge is 2.27. The van der Waals surface area contributed by atoms with Crippen molar-refractivity contribution >= 4 is 23.0 Å². The number of rotatable bonds is 8. The van der Waals surface area contributed by atoms with Gasteiger partial charge in [-0.3, -0.25) is 0 Å².